The maximum atomic E-state index is 6.02. The molecule has 3 rings (SSSR count). The predicted octanol–water partition coefficient (Wildman–Crippen LogP) is 3.87. The van der Waals surface area contributed by atoms with Crippen LogP contribution in [0, 0.1) is 22.7 Å². The van der Waals surface area contributed by atoms with Crippen molar-refractivity contribution >= 4 is 0 Å². The topological polar surface area (TPSA) is 9.23 Å². The lowest BCUT2D eigenvalue weighted by molar-refractivity contribution is -0.299. The monoisotopic (exact) mass is 210 g/mol. The molecule has 0 aromatic rings. The van der Waals surface area contributed by atoms with Crippen LogP contribution >= 0.6 is 0 Å². The van der Waals surface area contributed by atoms with Crippen molar-refractivity contribution in [2.24, 2.45) is 22.7 Å². The Morgan fingerprint density at radius 1 is 1.27 bits per heavy atom. The standard InChI is InChI=1S/C14H26O/c1-9-7-11-14(5,6)12(15-11)10(9)8-13(2,3)4/h9-12H,7-8H2,1-6H3. The zero-order valence-electron chi connectivity index (χ0n) is 11.1. The lowest BCUT2D eigenvalue weighted by Crippen LogP contribution is -2.65. The van der Waals surface area contributed by atoms with Crippen molar-refractivity contribution in [3.8, 4) is 0 Å². The van der Waals surface area contributed by atoms with E-state index < -0.39 is 0 Å². The van der Waals surface area contributed by atoms with Crippen molar-refractivity contribution in [2.75, 3.05) is 0 Å². The van der Waals surface area contributed by atoms with E-state index in [4.69, 9.17) is 4.74 Å². The summed E-state index contributed by atoms with van der Waals surface area (Å²) in [6.07, 6.45) is 3.62. The second-order valence-electron chi connectivity index (χ2n) is 7.51. The molecule has 2 bridgehead atoms. The Morgan fingerprint density at radius 3 is 2.33 bits per heavy atom. The molecule has 3 fully saturated rings. The van der Waals surface area contributed by atoms with Crippen LogP contribution in [-0.4, -0.2) is 12.2 Å². The van der Waals surface area contributed by atoms with Gasteiger partial charge in [0.05, 0.1) is 12.2 Å². The van der Waals surface area contributed by atoms with Gasteiger partial charge in [0.1, 0.15) is 0 Å². The van der Waals surface area contributed by atoms with E-state index in [1.54, 1.807) is 0 Å². The van der Waals surface area contributed by atoms with E-state index in [9.17, 15) is 0 Å². The summed E-state index contributed by atoms with van der Waals surface area (Å²) in [5.41, 5.74) is 0.864. The van der Waals surface area contributed by atoms with Crippen molar-refractivity contribution in [1.29, 1.82) is 0 Å². The molecule has 1 saturated carbocycles. The predicted molar refractivity (Wildman–Crippen MR) is 63.8 cm³/mol. The maximum Gasteiger partial charge on any atom is 0.0685 e. The lowest BCUT2D eigenvalue weighted by atomic mass is 9.57. The molecule has 0 radical (unpaired) electrons. The molecule has 1 nitrogen and oxygen atoms in total. The molecule has 2 aliphatic heterocycles. The number of hydrogen-bond acceptors (Lipinski definition) is 1. The molecule has 0 aromatic heterocycles. The first-order valence-corrected chi connectivity index (χ1v) is 6.37. The smallest absolute Gasteiger partial charge is 0.0685 e. The van der Waals surface area contributed by atoms with Gasteiger partial charge in [0.25, 0.3) is 0 Å². The highest BCUT2D eigenvalue weighted by molar-refractivity contribution is 5.06. The van der Waals surface area contributed by atoms with Crippen molar-refractivity contribution in [1.82, 2.24) is 0 Å². The first-order chi connectivity index (χ1) is 6.72. The molecule has 88 valence electrons. The SMILES string of the molecule is CC1CC2OC(C1CC(C)(C)C)C2(C)C. The van der Waals surface area contributed by atoms with Crippen LogP contribution in [0.25, 0.3) is 0 Å². The molecule has 1 aliphatic carbocycles. The summed E-state index contributed by atoms with van der Waals surface area (Å²) in [7, 11) is 0. The van der Waals surface area contributed by atoms with Gasteiger partial charge in [0, 0.05) is 5.41 Å². The van der Waals surface area contributed by atoms with Crippen LogP contribution < -0.4 is 0 Å². The highest BCUT2D eigenvalue weighted by atomic mass is 16.5. The van der Waals surface area contributed by atoms with Gasteiger partial charge in [-0.25, -0.2) is 0 Å². The van der Waals surface area contributed by atoms with Gasteiger partial charge in [0.2, 0.25) is 0 Å². The molecule has 0 spiro atoms. The number of fused-ring (bicyclic) bond motifs is 2. The molecule has 4 atom stereocenters. The number of ether oxygens (including phenoxy) is 1. The van der Waals surface area contributed by atoms with E-state index in [0.29, 0.717) is 23.0 Å². The fourth-order valence-electron chi connectivity index (χ4n) is 3.48. The minimum absolute atomic E-state index is 0.431. The van der Waals surface area contributed by atoms with Crippen LogP contribution in [0.1, 0.15) is 54.4 Å². The van der Waals surface area contributed by atoms with E-state index in [1.807, 2.05) is 0 Å². The molecule has 3 aliphatic rings. The van der Waals surface area contributed by atoms with E-state index >= 15 is 0 Å². The summed E-state index contributed by atoms with van der Waals surface area (Å²) >= 11 is 0. The van der Waals surface area contributed by atoms with Gasteiger partial charge < -0.3 is 4.74 Å². The Labute approximate surface area is 94.6 Å². The van der Waals surface area contributed by atoms with Crippen LogP contribution in [0.4, 0.5) is 0 Å². The Morgan fingerprint density at radius 2 is 1.87 bits per heavy atom. The minimum atomic E-state index is 0.431. The first kappa shape index (κ1) is 11.4. The Kier molecular flexibility index (Phi) is 2.46. The molecule has 0 N–H and O–H groups in total. The van der Waals surface area contributed by atoms with Gasteiger partial charge in [-0.1, -0.05) is 41.5 Å². The molecular weight excluding hydrogens is 184 g/mol. The third-order valence-corrected chi connectivity index (χ3v) is 4.43. The van der Waals surface area contributed by atoms with E-state index in [2.05, 4.69) is 41.5 Å². The molecule has 1 heteroatoms. The highest BCUT2D eigenvalue weighted by Crippen LogP contribution is 2.56. The highest BCUT2D eigenvalue weighted by Gasteiger charge is 2.58. The second-order valence-corrected chi connectivity index (χ2v) is 7.51. The van der Waals surface area contributed by atoms with Gasteiger partial charge in [-0.2, -0.15) is 0 Å². The third-order valence-electron chi connectivity index (χ3n) is 4.43. The van der Waals surface area contributed by atoms with E-state index in [1.165, 1.54) is 12.8 Å². The van der Waals surface area contributed by atoms with Crippen LogP contribution in [-0.2, 0) is 4.74 Å². The van der Waals surface area contributed by atoms with Crippen LogP contribution in [0.2, 0.25) is 0 Å². The maximum absolute atomic E-state index is 6.02. The normalized spacial score (nSPS) is 43.6. The molecule has 4 unspecified atom stereocenters. The van der Waals surface area contributed by atoms with Crippen LogP contribution in [0.5, 0.6) is 0 Å². The van der Waals surface area contributed by atoms with Crippen LogP contribution in [0.3, 0.4) is 0 Å². The van der Waals surface area contributed by atoms with Gasteiger partial charge in [-0.15, -0.1) is 0 Å². The Bertz CT molecular complexity index is 249. The summed E-state index contributed by atoms with van der Waals surface area (Å²) in [6, 6.07) is 0. The minimum Gasteiger partial charge on any atom is -0.373 e. The second kappa shape index (κ2) is 3.23. The first-order valence-electron chi connectivity index (χ1n) is 6.37. The van der Waals surface area contributed by atoms with Crippen LogP contribution in [0.15, 0.2) is 0 Å². The lowest BCUT2D eigenvalue weighted by Gasteiger charge is -2.62. The fraction of sp³-hybridized carbons (Fsp3) is 1.00. The number of hydrogen-bond donors (Lipinski definition) is 0. The van der Waals surface area contributed by atoms with Crippen molar-refractivity contribution in [2.45, 2.75) is 66.6 Å². The average Bonchev–Trinajstić information content (AvgIpc) is 2.05. The zero-order chi connectivity index (χ0) is 11.4. The largest absolute Gasteiger partial charge is 0.373 e. The van der Waals surface area contributed by atoms with Gasteiger partial charge in [-0.05, 0) is 30.1 Å². The van der Waals surface area contributed by atoms with E-state index in [0.717, 1.165) is 11.8 Å². The Hall–Kier alpha value is -0.0400. The quantitative estimate of drug-likeness (QED) is 0.638. The fourth-order valence-corrected chi connectivity index (χ4v) is 3.48. The summed E-state index contributed by atoms with van der Waals surface area (Å²) in [4.78, 5) is 0. The average molecular weight is 210 g/mol. The van der Waals surface area contributed by atoms with Crippen molar-refractivity contribution in [3.63, 3.8) is 0 Å². The number of rotatable bonds is 1. The van der Waals surface area contributed by atoms with Gasteiger partial charge in [0.15, 0.2) is 0 Å². The van der Waals surface area contributed by atoms with Gasteiger partial charge in [-0.3, -0.25) is 0 Å². The van der Waals surface area contributed by atoms with Crippen molar-refractivity contribution < 1.29 is 4.74 Å². The molecule has 15 heavy (non-hydrogen) atoms. The molecule has 0 amide bonds. The molecule has 2 saturated heterocycles. The summed E-state index contributed by atoms with van der Waals surface area (Å²) in [5.74, 6) is 1.62. The molecular formula is C14H26O. The molecule has 2 heterocycles. The zero-order valence-corrected chi connectivity index (χ0v) is 11.1. The van der Waals surface area contributed by atoms with Gasteiger partial charge >= 0.3 is 0 Å². The summed E-state index contributed by atoms with van der Waals surface area (Å²) in [5, 5.41) is 0. The molecule has 0 aromatic carbocycles. The summed E-state index contributed by atoms with van der Waals surface area (Å²) < 4.78 is 6.02. The summed E-state index contributed by atoms with van der Waals surface area (Å²) in [6.45, 7) is 14.2. The third kappa shape index (κ3) is 1.84. The Balaban J connectivity index is 2.10. The van der Waals surface area contributed by atoms with E-state index in [-0.39, 0.29) is 0 Å². The van der Waals surface area contributed by atoms with Crippen molar-refractivity contribution in [3.05, 3.63) is 0 Å².